The van der Waals surface area contributed by atoms with Crippen LogP contribution in [-0.2, 0) is 6.42 Å². The number of hydrogen-bond acceptors (Lipinski definition) is 1. The zero-order valence-electron chi connectivity index (χ0n) is 16.3. The van der Waals surface area contributed by atoms with Crippen LogP contribution in [0, 0.1) is 0 Å². The van der Waals surface area contributed by atoms with E-state index >= 15 is 0 Å². The van der Waals surface area contributed by atoms with E-state index in [2.05, 4.69) is 113 Å². The normalized spacial score (nSPS) is 15.6. The molecule has 0 saturated heterocycles. The molecular formula is C28H19BrS. The fourth-order valence-corrected chi connectivity index (χ4v) is 6.50. The number of fused-ring (bicyclic) bond motifs is 5. The minimum Gasteiger partial charge on any atom is -0.135 e. The lowest BCUT2D eigenvalue weighted by molar-refractivity contribution is 1.04. The first kappa shape index (κ1) is 18.1. The van der Waals surface area contributed by atoms with Crippen LogP contribution in [0.25, 0.3) is 49.2 Å². The van der Waals surface area contributed by atoms with Gasteiger partial charge in [0.1, 0.15) is 0 Å². The van der Waals surface area contributed by atoms with E-state index < -0.39 is 0 Å². The second-order valence-electron chi connectivity index (χ2n) is 7.76. The topological polar surface area (TPSA) is 0 Å². The van der Waals surface area contributed by atoms with Crippen molar-refractivity contribution in [2.45, 2.75) is 11.2 Å². The molecule has 144 valence electrons. The van der Waals surface area contributed by atoms with Crippen molar-refractivity contribution in [3.8, 4) is 22.3 Å². The third kappa shape index (κ3) is 2.79. The van der Waals surface area contributed by atoms with Crippen molar-refractivity contribution in [3.63, 3.8) is 0 Å². The summed E-state index contributed by atoms with van der Waals surface area (Å²) in [5.74, 6) is 0. The number of alkyl halides is 1. The maximum atomic E-state index is 3.83. The van der Waals surface area contributed by atoms with Gasteiger partial charge in [0.2, 0.25) is 0 Å². The van der Waals surface area contributed by atoms with E-state index in [0.717, 1.165) is 6.42 Å². The number of allylic oxidation sites excluding steroid dienone is 1. The van der Waals surface area contributed by atoms with E-state index in [1.54, 1.807) is 0 Å². The average molecular weight is 467 g/mol. The Kier molecular flexibility index (Phi) is 4.36. The molecule has 0 fully saturated rings. The molecule has 5 aromatic rings. The first-order valence-electron chi connectivity index (χ1n) is 10.2. The van der Waals surface area contributed by atoms with Gasteiger partial charge in [-0.15, -0.1) is 11.3 Å². The Morgan fingerprint density at radius 1 is 0.700 bits per heavy atom. The highest BCUT2D eigenvalue weighted by Crippen LogP contribution is 2.50. The summed E-state index contributed by atoms with van der Waals surface area (Å²) in [6, 6.07) is 30.7. The molecule has 0 bridgehead atoms. The summed E-state index contributed by atoms with van der Waals surface area (Å²) in [6.07, 6.45) is 5.61. The van der Waals surface area contributed by atoms with Crippen LogP contribution in [0.4, 0.5) is 0 Å². The smallest absolute Gasteiger partial charge is 0.0443 e. The zero-order chi connectivity index (χ0) is 20.1. The van der Waals surface area contributed by atoms with Gasteiger partial charge in [-0.25, -0.2) is 0 Å². The molecule has 0 radical (unpaired) electrons. The van der Waals surface area contributed by atoms with Crippen molar-refractivity contribution in [1.29, 1.82) is 0 Å². The molecule has 0 saturated carbocycles. The highest BCUT2D eigenvalue weighted by Gasteiger charge is 2.24. The summed E-state index contributed by atoms with van der Waals surface area (Å²) in [6.45, 7) is 0. The van der Waals surface area contributed by atoms with Gasteiger partial charge in [-0.3, -0.25) is 0 Å². The molecular weight excluding hydrogens is 448 g/mol. The maximum Gasteiger partial charge on any atom is 0.0443 e. The van der Waals surface area contributed by atoms with Crippen LogP contribution in [0.1, 0.15) is 10.4 Å². The van der Waals surface area contributed by atoms with Crippen molar-refractivity contribution in [2.24, 2.45) is 0 Å². The van der Waals surface area contributed by atoms with Gasteiger partial charge >= 0.3 is 0 Å². The fourth-order valence-electron chi connectivity index (χ4n) is 4.69. The minimum absolute atomic E-state index is 0.399. The highest BCUT2D eigenvalue weighted by molar-refractivity contribution is 9.09. The van der Waals surface area contributed by atoms with Gasteiger partial charge in [0, 0.05) is 25.4 Å². The molecule has 1 aromatic heterocycles. The van der Waals surface area contributed by atoms with E-state index in [9.17, 15) is 0 Å². The molecule has 30 heavy (non-hydrogen) atoms. The van der Waals surface area contributed by atoms with Crippen LogP contribution >= 0.6 is 27.3 Å². The van der Waals surface area contributed by atoms with Crippen molar-refractivity contribution < 1.29 is 0 Å². The van der Waals surface area contributed by atoms with Gasteiger partial charge in [0.15, 0.2) is 0 Å². The molecule has 0 aliphatic heterocycles. The van der Waals surface area contributed by atoms with E-state index in [1.807, 2.05) is 11.3 Å². The fraction of sp³-hybridized carbons (Fsp3) is 0.0714. The van der Waals surface area contributed by atoms with Gasteiger partial charge < -0.3 is 0 Å². The van der Waals surface area contributed by atoms with Gasteiger partial charge in [-0.05, 0) is 45.5 Å². The second-order valence-corrected chi connectivity index (χ2v) is 9.98. The largest absolute Gasteiger partial charge is 0.135 e. The van der Waals surface area contributed by atoms with Gasteiger partial charge in [-0.1, -0.05) is 107 Å². The monoisotopic (exact) mass is 466 g/mol. The van der Waals surface area contributed by atoms with Gasteiger partial charge in [0.25, 0.3) is 0 Å². The van der Waals surface area contributed by atoms with E-state index in [4.69, 9.17) is 0 Å². The van der Waals surface area contributed by atoms with Crippen LogP contribution in [0.2, 0.25) is 0 Å². The lowest BCUT2D eigenvalue weighted by Crippen LogP contribution is -2.03. The molecule has 0 nitrogen and oxygen atoms in total. The summed E-state index contributed by atoms with van der Waals surface area (Å²) in [5, 5.41) is 4.12. The molecule has 1 unspecified atom stereocenters. The molecule has 4 aromatic carbocycles. The van der Waals surface area contributed by atoms with Crippen LogP contribution in [-0.4, -0.2) is 4.83 Å². The highest BCUT2D eigenvalue weighted by atomic mass is 79.9. The third-order valence-electron chi connectivity index (χ3n) is 5.96. The van der Waals surface area contributed by atoms with Crippen LogP contribution in [0.15, 0.2) is 91.0 Å². The Bertz CT molecular complexity index is 1410. The number of halogens is 1. The first-order valence-corrected chi connectivity index (χ1v) is 12.0. The summed E-state index contributed by atoms with van der Waals surface area (Å²) in [7, 11) is 0. The molecule has 0 amide bonds. The average Bonchev–Trinajstić information content (AvgIpc) is 3.18. The molecule has 6 rings (SSSR count). The number of rotatable bonds is 2. The maximum absolute atomic E-state index is 3.83. The Labute approximate surface area is 188 Å². The zero-order valence-corrected chi connectivity index (χ0v) is 18.7. The Balaban J connectivity index is 1.86. The van der Waals surface area contributed by atoms with E-state index in [1.165, 1.54) is 53.6 Å². The molecule has 0 N–H and O–H groups in total. The van der Waals surface area contributed by atoms with E-state index in [-0.39, 0.29) is 0 Å². The van der Waals surface area contributed by atoms with E-state index in [0.29, 0.717) is 4.83 Å². The van der Waals surface area contributed by atoms with Crippen molar-refractivity contribution in [3.05, 3.63) is 101 Å². The minimum atomic E-state index is 0.399. The summed E-state index contributed by atoms with van der Waals surface area (Å²) < 4.78 is 1.40. The van der Waals surface area contributed by atoms with Crippen molar-refractivity contribution >= 4 is 54.2 Å². The van der Waals surface area contributed by atoms with Crippen LogP contribution in [0.5, 0.6) is 0 Å². The first-order chi connectivity index (χ1) is 14.8. The van der Waals surface area contributed by atoms with Gasteiger partial charge in [0.05, 0.1) is 0 Å². The molecule has 2 heteroatoms. The molecule has 1 heterocycles. The molecule has 1 atom stereocenters. The molecule has 0 spiro atoms. The Morgan fingerprint density at radius 2 is 1.30 bits per heavy atom. The van der Waals surface area contributed by atoms with Crippen molar-refractivity contribution in [2.75, 3.05) is 0 Å². The summed E-state index contributed by atoms with van der Waals surface area (Å²) >= 11 is 5.76. The molecule has 1 aliphatic carbocycles. The third-order valence-corrected chi connectivity index (χ3v) is 7.81. The quantitative estimate of drug-likeness (QED) is 0.228. The number of benzene rings is 4. The predicted octanol–water partition coefficient (Wildman–Crippen LogP) is 8.72. The Morgan fingerprint density at radius 3 is 2.00 bits per heavy atom. The Hall–Kier alpha value is -2.68. The lowest BCUT2D eigenvalue weighted by Gasteiger charge is -2.17. The summed E-state index contributed by atoms with van der Waals surface area (Å²) in [4.78, 5) is 1.80. The number of hydrogen-bond donors (Lipinski definition) is 0. The van der Waals surface area contributed by atoms with Crippen LogP contribution < -0.4 is 0 Å². The van der Waals surface area contributed by atoms with Crippen molar-refractivity contribution in [1.82, 2.24) is 0 Å². The second kappa shape index (κ2) is 7.23. The standard InChI is InChI=1S/C28H19BrS/c29-20-15-16-24-23(17-20)27-22-14-8-7-13-21(22)25(18-9-3-1-4-10-18)26(28(27)30-24)19-11-5-2-6-12-19/h1-16,20H,17H2. The van der Waals surface area contributed by atoms with Crippen LogP contribution in [0.3, 0.4) is 0 Å². The lowest BCUT2D eigenvalue weighted by atomic mass is 9.86. The SMILES string of the molecule is BrC1C=Cc2sc3c(-c4ccccc4)c(-c4ccccc4)c4ccccc4c3c2C1. The predicted molar refractivity (Wildman–Crippen MR) is 136 cm³/mol. The number of thiophene rings is 1. The van der Waals surface area contributed by atoms with Gasteiger partial charge in [-0.2, -0.15) is 0 Å². The summed E-state index contributed by atoms with van der Waals surface area (Å²) in [5.41, 5.74) is 6.73. The molecule has 1 aliphatic rings.